The topological polar surface area (TPSA) is 19.6 Å². The lowest BCUT2D eigenvalue weighted by Gasteiger charge is -2.28. The van der Waals surface area contributed by atoms with Crippen molar-refractivity contribution >= 4 is 122 Å². The van der Waals surface area contributed by atoms with Crippen LogP contribution in [0.4, 0.5) is 34.1 Å². The highest BCUT2D eigenvalue weighted by atomic mass is 32.1. The van der Waals surface area contributed by atoms with Gasteiger partial charge in [-0.15, -0.1) is 11.3 Å². The molecule has 3 nitrogen and oxygen atoms in total. The summed E-state index contributed by atoms with van der Waals surface area (Å²) in [5.74, 6) is 0. The molecule has 0 aliphatic rings. The SMILES string of the molecule is C[Si](C)(C)c1ccc(N(c2ccccc2)c2ccc3c(c2)sc2c4ccc(N(c5ccccc5-c5ccccc5)c5cccc6c5oc5ccccc56)cc4c4ccccc4c32)cc1. The van der Waals surface area contributed by atoms with Gasteiger partial charge in [-0.25, -0.2) is 0 Å². The molecule has 0 aliphatic carbocycles. The van der Waals surface area contributed by atoms with Gasteiger partial charge in [-0.05, 0) is 88.5 Å². The number of fused-ring (bicyclic) bond motifs is 11. The normalized spacial score (nSPS) is 12.0. The first-order valence-corrected chi connectivity index (χ1v) is 26.3. The monoisotopic (exact) mass is 856 g/mol. The summed E-state index contributed by atoms with van der Waals surface area (Å²) in [5, 5.41) is 11.2. The smallest absolute Gasteiger partial charge is 0.159 e. The van der Waals surface area contributed by atoms with Crippen molar-refractivity contribution in [3.63, 3.8) is 0 Å². The van der Waals surface area contributed by atoms with Gasteiger partial charge in [0.25, 0.3) is 0 Å². The number of para-hydroxylation sites is 4. The number of anilines is 6. The Bertz CT molecular complexity index is 3720. The molecule has 12 rings (SSSR count). The van der Waals surface area contributed by atoms with Crippen molar-refractivity contribution in [3.8, 4) is 11.1 Å². The van der Waals surface area contributed by atoms with E-state index in [1.54, 1.807) is 0 Å². The molecule has 0 N–H and O–H groups in total. The van der Waals surface area contributed by atoms with Gasteiger partial charge in [0.15, 0.2) is 5.58 Å². The standard InChI is InChI=1S/C59H44N2OSSi/c1-64(2,3)44-33-29-41(30-34-44)60(40-19-8-5-9-20-40)43-32-36-51-56(38-43)63-59-50-35-31-42(37-52(50)46-22-10-11-24-48(46)57(51)59)61(53-26-14-12-21-45(53)39-17-6-4-7-18-39)54-27-16-25-49-47-23-13-15-28-55(47)62-58(49)54/h4-38H,1-3H3. The molecular weight excluding hydrogens is 813 g/mol. The van der Waals surface area contributed by atoms with Gasteiger partial charge in [-0.2, -0.15) is 0 Å². The van der Waals surface area contributed by atoms with Gasteiger partial charge >= 0.3 is 0 Å². The van der Waals surface area contributed by atoms with Crippen LogP contribution >= 0.6 is 11.3 Å². The Labute approximate surface area is 377 Å². The van der Waals surface area contributed by atoms with Crippen molar-refractivity contribution in [2.45, 2.75) is 19.6 Å². The summed E-state index contributed by atoms with van der Waals surface area (Å²) in [6.07, 6.45) is 0. The molecule has 0 spiro atoms. The van der Waals surface area contributed by atoms with E-state index < -0.39 is 8.07 Å². The number of hydrogen-bond donors (Lipinski definition) is 0. The summed E-state index contributed by atoms with van der Waals surface area (Å²) in [6, 6.07) is 77.4. The Morgan fingerprint density at radius 2 is 1.00 bits per heavy atom. The number of hydrogen-bond acceptors (Lipinski definition) is 4. The van der Waals surface area contributed by atoms with Crippen molar-refractivity contribution in [3.05, 3.63) is 212 Å². The molecule has 0 aliphatic heterocycles. The van der Waals surface area contributed by atoms with Crippen LogP contribution in [0.15, 0.2) is 217 Å². The van der Waals surface area contributed by atoms with Crippen LogP contribution in [0.3, 0.4) is 0 Å². The van der Waals surface area contributed by atoms with Crippen LogP contribution in [-0.2, 0) is 0 Å². The van der Waals surface area contributed by atoms with E-state index >= 15 is 0 Å². The van der Waals surface area contributed by atoms with E-state index in [0.29, 0.717) is 0 Å². The second-order valence-electron chi connectivity index (χ2n) is 17.7. The van der Waals surface area contributed by atoms with Crippen LogP contribution in [0.2, 0.25) is 19.6 Å². The van der Waals surface area contributed by atoms with Crippen LogP contribution in [0.25, 0.3) is 74.8 Å². The molecule has 0 fully saturated rings. The van der Waals surface area contributed by atoms with Crippen molar-refractivity contribution in [1.29, 1.82) is 0 Å². The first kappa shape index (κ1) is 38.2. The molecule has 0 saturated heterocycles. The van der Waals surface area contributed by atoms with Crippen molar-refractivity contribution in [1.82, 2.24) is 0 Å². The minimum absolute atomic E-state index is 0.865. The zero-order valence-corrected chi connectivity index (χ0v) is 37.7. The number of furan rings is 1. The minimum Gasteiger partial charge on any atom is -0.454 e. The first-order chi connectivity index (χ1) is 31.4. The zero-order valence-electron chi connectivity index (χ0n) is 35.9. The molecule has 0 bridgehead atoms. The van der Waals surface area contributed by atoms with Crippen molar-refractivity contribution < 1.29 is 4.42 Å². The highest BCUT2D eigenvalue weighted by Gasteiger charge is 2.24. The Hall–Kier alpha value is -7.44. The average molecular weight is 857 g/mol. The van der Waals surface area contributed by atoms with E-state index in [1.165, 1.54) is 46.9 Å². The summed E-state index contributed by atoms with van der Waals surface area (Å²) in [5.41, 5.74) is 10.6. The zero-order chi connectivity index (χ0) is 42.9. The summed E-state index contributed by atoms with van der Waals surface area (Å²) >= 11 is 1.90. The fourth-order valence-corrected chi connectivity index (χ4v) is 12.1. The number of nitrogens with zero attached hydrogens (tertiary/aromatic N) is 2. The molecule has 2 aromatic heterocycles. The summed E-state index contributed by atoms with van der Waals surface area (Å²) in [7, 11) is -1.45. The molecule has 12 aromatic rings. The third-order valence-electron chi connectivity index (χ3n) is 12.8. The Balaban J connectivity index is 1.08. The molecule has 2 heterocycles. The van der Waals surface area contributed by atoms with Crippen LogP contribution in [0.1, 0.15) is 0 Å². The quantitative estimate of drug-likeness (QED) is 0.112. The average Bonchev–Trinajstić information content (AvgIpc) is 3.92. The largest absolute Gasteiger partial charge is 0.454 e. The molecule has 10 aromatic carbocycles. The second kappa shape index (κ2) is 15.1. The van der Waals surface area contributed by atoms with Gasteiger partial charge in [-0.1, -0.05) is 170 Å². The molecule has 306 valence electrons. The second-order valence-corrected chi connectivity index (χ2v) is 23.8. The molecular formula is C59H44N2OSSi. The number of benzene rings is 10. The van der Waals surface area contributed by atoms with E-state index in [9.17, 15) is 0 Å². The maximum atomic E-state index is 6.76. The highest BCUT2D eigenvalue weighted by molar-refractivity contribution is 7.27. The van der Waals surface area contributed by atoms with Crippen LogP contribution < -0.4 is 15.0 Å². The van der Waals surface area contributed by atoms with Crippen LogP contribution in [0, 0.1) is 0 Å². The van der Waals surface area contributed by atoms with Gasteiger partial charge in [-0.3, -0.25) is 0 Å². The van der Waals surface area contributed by atoms with Gasteiger partial charge < -0.3 is 14.2 Å². The first-order valence-electron chi connectivity index (χ1n) is 22.0. The summed E-state index contributed by atoms with van der Waals surface area (Å²) in [4.78, 5) is 4.79. The van der Waals surface area contributed by atoms with E-state index in [-0.39, 0.29) is 0 Å². The lowest BCUT2D eigenvalue weighted by atomic mass is 9.96. The van der Waals surface area contributed by atoms with Gasteiger partial charge in [0.2, 0.25) is 0 Å². The molecule has 64 heavy (non-hydrogen) atoms. The lowest BCUT2D eigenvalue weighted by Crippen LogP contribution is -2.37. The molecule has 0 radical (unpaired) electrons. The van der Waals surface area contributed by atoms with Gasteiger partial charge in [0.1, 0.15) is 5.58 Å². The predicted octanol–water partition coefficient (Wildman–Crippen LogP) is 17.4. The molecule has 0 saturated carbocycles. The van der Waals surface area contributed by atoms with E-state index in [1.807, 2.05) is 17.4 Å². The maximum absolute atomic E-state index is 6.76. The van der Waals surface area contributed by atoms with Crippen molar-refractivity contribution in [2.24, 2.45) is 0 Å². The Morgan fingerprint density at radius 1 is 0.406 bits per heavy atom. The van der Waals surface area contributed by atoms with Crippen molar-refractivity contribution in [2.75, 3.05) is 9.80 Å². The Kier molecular flexibility index (Phi) is 9.04. The number of rotatable bonds is 8. The fourth-order valence-electron chi connectivity index (χ4n) is 9.69. The molecule has 0 unspecified atom stereocenters. The fraction of sp³-hybridized carbons (Fsp3) is 0.0508. The third kappa shape index (κ3) is 6.30. The lowest BCUT2D eigenvalue weighted by molar-refractivity contribution is 0.669. The Morgan fingerprint density at radius 3 is 1.78 bits per heavy atom. The van der Waals surface area contributed by atoms with Crippen LogP contribution in [-0.4, -0.2) is 8.07 Å². The molecule has 0 amide bonds. The number of thiophene rings is 1. The van der Waals surface area contributed by atoms with Crippen LogP contribution in [0.5, 0.6) is 0 Å². The molecule has 0 atom stereocenters. The molecule has 5 heteroatoms. The third-order valence-corrected chi connectivity index (χ3v) is 16.0. The highest BCUT2D eigenvalue weighted by Crippen LogP contribution is 2.50. The van der Waals surface area contributed by atoms with Gasteiger partial charge in [0, 0.05) is 64.6 Å². The van der Waals surface area contributed by atoms with E-state index in [2.05, 4.69) is 236 Å². The van der Waals surface area contributed by atoms with Gasteiger partial charge in [0.05, 0.1) is 19.4 Å². The minimum atomic E-state index is -1.45. The predicted molar refractivity (Wildman–Crippen MR) is 279 cm³/mol. The maximum Gasteiger partial charge on any atom is 0.159 e. The summed E-state index contributed by atoms with van der Waals surface area (Å²) < 4.78 is 9.33. The summed E-state index contributed by atoms with van der Waals surface area (Å²) in [6.45, 7) is 7.22. The van der Waals surface area contributed by atoms with E-state index in [4.69, 9.17) is 4.42 Å². The van der Waals surface area contributed by atoms with E-state index in [0.717, 1.165) is 67.2 Å².